The van der Waals surface area contributed by atoms with Crippen molar-refractivity contribution < 1.29 is 4.52 Å². The van der Waals surface area contributed by atoms with Gasteiger partial charge < -0.3 is 10.3 Å². The molecule has 0 amide bonds. The van der Waals surface area contributed by atoms with Gasteiger partial charge in [0, 0.05) is 11.1 Å². The molecule has 0 aliphatic heterocycles. The van der Waals surface area contributed by atoms with Crippen LogP contribution in [-0.4, -0.2) is 5.16 Å². The monoisotopic (exact) mass is 258 g/mol. The molecule has 0 bridgehead atoms. The first-order chi connectivity index (χ1) is 8.99. The Morgan fingerprint density at radius 3 is 2.26 bits per heavy atom. The molecule has 0 atom stereocenters. The predicted molar refractivity (Wildman–Crippen MR) is 79.0 cm³/mol. The van der Waals surface area contributed by atoms with Gasteiger partial charge in [-0.2, -0.15) is 0 Å². The molecule has 0 aliphatic rings. The third-order valence-electron chi connectivity index (χ3n) is 3.28. The van der Waals surface area contributed by atoms with Crippen LogP contribution in [0.3, 0.4) is 0 Å². The summed E-state index contributed by atoms with van der Waals surface area (Å²) in [4.78, 5) is 0. The van der Waals surface area contributed by atoms with Gasteiger partial charge in [-0.1, -0.05) is 57.1 Å². The van der Waals surface area contributed by atoms with Crippen LogP contribution >= 0.6 is 0 Å². The lowest BCUT2D eigenvalue weighted by Crippen LogP contribution is -1.98. The lowest BCUT2D eigenvalue weighted by Gasteiger charge is -2.07. The molecule has 0 unspecified atom stereocenters. The van der Waals surface area contributed by atoms with Gasteiger partial charge in [0.2, 0.25) is 5.88 Å². The molecule has 2 N–H and O–H groups in total. The van der Waals surface area contributed by atoms with E-state index < -0.39 is 0 Å². The van der Waals surface area contributed by atoms with Crippen LogP contribution < -0.4 is 5.73 Å². The fourth-order valence-electron chi connectivity index (χ4n) is 2.18. The SMILES string of the molecule is CC(C)Cc1c(-c2ccc(C(C)C)cc2)noc1N. The maximum absolute atomic E-state index is 5.88. The number of hydrogen-bond donors (Lipinski definition) is 1. The second kappa shape index (κ2) is 5.47. The Labute approximate surface area is 114 Å². The van der Waals surface area contributed by atoms with Crippen molar-refractivity contribution in [2.75, 3.05) is 5.73 Å². The molecular formula is C16H22N2O. The quantitative estimate of drug-likeness (QED) is 0.892. The van der Waals surface area contributed by atoms with E-state index in [0.717, 1.165) is 23.2 Å². The summed E-state index contributed by atoms with van der Waals surface area (Å²) in [6.45, 7) is 8.71. The lowest BCUT2D eigenvalue weighted by molar-refractivity contribution is 0.438. The van der Waals surface area contributed by atoms with Gasteiger partial charge >= 0.3 is 0 Å². The summed E-state index contributed by atoms with van der Waals surface area (Å²) in [6, 6.07) is 8.47. The minimum absolute atomic E-state index is 0.441. The molecule has 1 aromatic heterocycles. The maximum atomic E-state index is 5.88. The molecule has 0 spiro atoms. The predicted octanol–water partition coefficient (Wildman–Crippen LogP) is 4.25. The topological polar surface area (TPSA) is 52.0 Å². The Balaban J connectivity index is 2.36. The Kier molecular flexibility index (Phi) is 3.93. The minimum atomic E-state index is 0.441. The minimum Gasteiger partial charge on any atom is -0.367 e. The van der Waals surface area contributed by atoms with E-state index in [1.807, 2.05) is 0 Å². The van der Waals surface area contributed by atoms with Crippen LogP contribution in [0.15, 0.2) is 28.8 Å². The zero-order chi connectivity index (χ0) is 14.0. The molecule has 19 heavy (non-hydrogen) atoms. The second-order valence-corrected chi connectivity index (χ2v) is 5.75. The molecular weight excluding hydrogens is 236 g/mol. The summed E-state index contributed by atoms with van der Waals surface area (Å²) >= 11 is 0. The fourth-order valence-corrected chi connectivity index (χ4v) is 2.18. The normalized spacial score (nSPS) is 11.5. The smallest absolute Gasteiger partial charge is 0.225 e. The summed E-state index contributed by atoms with van der Waals surface area (Å²) < 4.78 is 5.16. The molecule has 102 valence electrons. The number of rotatable bonds is 4. The molecule has 0 saturated carbocycles. The van der Waals surface area contributed by atoms with Crippen LogP contribution in [0.1, 0.15) is 44.7 Å². The van der Waals surface area contributed by atoms with Gasteiger partial charge in [0.05, 0.1) is 0 Å². The number of aromatic nitrogens is 1. The molecule has 2 rings (SSSR count). The first-order valence-corrected chi connectivity index (χ1v) is 6.83. The lowest BCUT2D eigenvalue weighted by atomic mass is 9.97. The Hall–Kier alpha value is -1.77. The van der Waals surface area contributed by atoms with E-state index in [-0.39, 0.29) is 0 Å². The Morgan fingerprint density at radius 2 is 1.74 bits per heavy atom. The number of benzene rings is 1. The molecule has 2 aromatic rings. The number of nitrogen functional groups attached to an aromatic ring is 1. The van der Waals surface area contributed by atoms with Gasteiger partial charge in [-0.15, -0.1) is 0 Å². The number of anilines is 1. The van der Waals surface area contributed by atoms with E-state index in [1.165, 1.54) is 5.56 Å². The Morgan fingerprint density at radius 1 is 1.11 bits per heavy atom. The third-order valence-corrected chi connectivity index (χ3v) is 3.28. The van der Waals surface area contributed by atoms with E-state index in [9.17, 15) is 0 Å². The van der Waals surface area contributed by atoms with Crippen LogP contribution in [0.25, 0.3) is 11.3 Å². The van der Waals surface area contributed by atoms with Crippen molar-refractivity contribution in [1.29, 1.82) is 0 Å². The highest BCUT2D eigenvalue weighted by Crippen LogP contribution is 2.30. The van der Waals surface area contributed by atoms with Crippen molar-refractivity contribution in [2.24, 2.45) is 5.92 Å². The van der Waals surface area contributed by atoms with Crippen molar-refractivity contribution in [3.63, 3.8) is 0 Å². The van der Waals surface area contributed by atoms with Crippen molar-refractivity contribution >= 4 is 5.88 Å². The van der Waals surface area contributed by atoms with Gasteiger partial charge in [0.1, 0.15) is 5.69 Å². The van der Waals surface area contributed by atoms with Crippen molar-refractivity contribution in [1.82, 2.24) is 5.16 Å². The maximum Gasteiger partial charge on any atom is 0.225 e. The van der Waals surface area contributed by atoms with Gasteiger partial charge in [0.25, 0.3) is 0 Å². The van der Waals surface area contributed by atoms with Crippen LogP contribution in [0.4, 0.5) is 5.88 Å². The number of hydrogen-bond acceptors (Lipinski definition) is 3. The van der Waals surface area contributed by atoms with Crippen LogP contribution in [0.5, 0.6) is 0 Å². The average Bonchev–Trinajstić information content (AvgIpc) is 2.71. The van der Waals surface area contributed by atoms with Crippen LogP contribution in [0.2, 0.25) is 0 Å². The van der Waals surface area contributed by atoms with Gasteiger partial charge in [-0.3, -0.25) is 0 Å². The molecule has 0 aliphatic carbocycles. The zero-order valence-corrected chi connectivity index (χ0v) is 12.1. The molecule has 0 saturated heterocycles. The third kappa shape index (κ3) is 2.98. The molecule has 3 heteroatoms. The number of nitrogens with zero attached hydrogens (tertiary/aromatic N) is 1. The summed E-state index contributed by atoms with van der Waals surface area (Å²) in [7, 11) is 0. The molecule has 0 radical (unpaired) electrons. The number of nitrogens with two attached hydrogens (primary N) is 1. The molecule has 0 fully saturated rings. The van der Waals surface area contributed by atoms with E-state index in [1.54, 1.807) is 0 Å². The van der Waals surface area contributed by atoms with Crippen LogP contribution in [0, 0.1) is 5.92 Å². The highest BCUT2D eigenvalue weighted by atomic mass is 16.5. The fraction of sp³-hybridized carbons (Fsp3) is 0.438. The Bertz CT molecular complexity index is 538. The molecule has 1 aromatic carbocycles. The van der Waals surface area contributed by atoms with Gasteiger partial charge in [-0.05, 0) is 23.8 Å². The summed E-state index contributed by atoms with van der Waals surface area (Å²) in [5.74, 6) is 1.50. The second-order valence-electron chi connectivity index (χ2n) is 5.75. The van der Waals surface area contributed by atoms with Crippen molar-refractivity contribution in [3.05, 3.63) is 35.4 Å². The zero-order valence-electron chi connectivity index (χ0n) is 12.1. The van der Waals surface area contributed by atoms with Crippen molar-refractivity contribution in [3.8, 4) is 11.3 Å². The van der Waals surface area contributed by atoms with Crippen LogP contribution in [-0.2, 0) is 6.42 Å². The highest BCUT2D eigenvalue weighted by molar-refractivity contribution is 5.67. The van der Waals surface area contributed by atoms with E-state index in [4.69, 9.17) is 10.3 Å². The van der Waals surface area contributed by atoms with E-state index in [2.05, 4.69) is 57.1 Å². The first kappa shape index (κ1) is 13.7. The summed E-state index contributed by atoms with van der Waals surface area (Å²) in [6.07, 6.45) is 0.886. The largest absolute Gasteiger partial charge is 0.367 e. The first-order valence-electron chi connectivity index (χ1n) is 6.83. The summed E-state index contributed by atoms with van der Waals surface area (Å²) in [5.41, 5.74) is 10.2. The molecule has 3 nitrogen and oxygen atoms in total. The highest BCUT2D eigenvalue weighted by Gasteiger charge is 2.16. The van der Waals surface area contributed by atoms with Crippen molar-refractivity contribution in [2.45, 2.75) is 40.0 Å². The molecule has 1 heterocycles. The summed E-state index contributed by atoms with van der Waals surface area (Å²) in [5, 5.41) is 4.11. The van der Waals surface area contributed by atoms with Gasteiger partial charge in [-0.25, -0.2) is 0 Å². The van der Waals surface area contributed by atoms with Gasteiger partial charge in [0.15, 0.2) is 0 Å². The van der Waals surface area contributed by atoms with E-state index >= 15 is 0 Å². The average molecular weight is 258 g/mol. The van der Waals surface area contributed by atoms with E-state index in [0.29, 0.717) is 17.7 Å². The standard InChI is InChI=1S/C16H22N2O/c1-10(2)9-14-15(18-19-16(14)17)13-7-5-12(6-8-13)11(3)4/h5-8,10-11H,9,17H2,1-4H3.